The van der Waals surface area contributed by atoms with Crippen LogP contribution in [0.15, 0.2) is 0 Å². The Bertz CT molecular complexity index is 1120. The van der Waals surface area contributed by atoms with Crippen LogP contribution >= 0.6 is 0 Å². The number of rotatable bonds is 68. The molecule has 0 spiro atoms. The van der Waals surface area contributed by atoms with Crippen LogP contribution in [0.25, 0.3) is 0 Å². The van der Waals surface area contributed by atoms with Gasteiger partial charge in [0.2, 0.25) is 5.91 Å². The van der Waals surface area contributed by atoms with Gasteiger partial charge in [-0.1, -0.05) is 380 Å². The Balaban J connectivity index is 3.34. The van der Waals surface area contributed by atoms with Crippen LogP contribution in [-0.2, 0) is 14.3 Å². The second kappa shape index (κ2) is 67.4. The summed E-state index contributed by atoms with van der Waals surface area (Å²) in [5.74, 6) is -0.00653. The second-order valence-electron chi connectivity index (χ2n) is 24.9. The fourth-order valence-electron chi connectivity index (χ4n) is 11.7. The zero-order valence-corrected chi connectivity index (χ0v) is 52.7. The Kier molecular flexibility index (Phi) is 66.4. The van der Waals surface area contributed by atoms with Gasteiger partial charge in [-0.2, -0.15) is 0 Å². The number of hydrogen-bond donors (Lipinski definition) is 3. The molecule has 2 atom stereocenters. The van der Waals surface area contributed by atoms with Gasteiger partial charge in [-0.25, -0.2) is 0 Å². The number of nitrogens with one attached hydrogen (secondary N) is 1. The van der Waals surface area contributed by atoms with Crippen LogP contribution in [0, 0.1) is 0 Å². The molecule has 0 aromatic heterocycles. The molecule has 2 unspecified atom stereocenters. The normalized spacial score (nSPS) is 12.4. The molecule has 3 N–H and O–H groups in total. The molecule has 0 aliphatic rings. The van der Waals surface area contributed by atoms with E-state index in [0.29, 0.717) is 25.9 Å². The molecule has 1 amide bonds. The van der Waals surface area contributed by atoms with E-state index in [0.717, 1.165) is 38.5 Å². The Morgan fingerprint density at radius 1 is 0.312 bits per heavy atom. The predicted octanol–water partition coefficient (Wildman–Crippen LogP) is 23.0. The minimum Gasteiger partial charge on any atom is -0.466 e. The number of esters is 1. The highest BCUT2D eigenvalue weighted by molar-refractivity contribution is 5.76. The Hall–Kier alpha value is -1.14. The summed E-state index contributed by atoms with van der Waals surface area (Å²) in [4.78, 5) is 24.6. The fraction of sp³-hybridized carbons (Fsp3) is 0.972. The molecule has 0 saturated heterocycles. The predicted molar refractivity (Wildman–Crippen MR) is 338 cm³/mol. The largest absolute Gasteiger partial charge is 0.466 e. The van der Waals surface area contributed by atoms with Crippen molar-refractivity contribution in [2.75, 3.05) is 13.2 Å². The third-order valence-corrected chi connectivity index (χ3v) is 17.2. The number of carbonyl (C=O) groups is 2. The molecule has 0 heterocycles. The summed E-state index contributed by atoms with van der Waals surface area (Å²) in [6.45, 7) is 5.00. The molecule has 0 aromatic carbocycles. The van der Waals surface area contributed by atoms with Crippen LogP contribution in [0.3, 0.4) is 0 Å². The smallest absolute Gasteiger partial charge is 0.305 e. The number of unbranched alkanes of at least 4 members (excludes halogenated alkanes) is 57. The molecule has 0 saturated carbocycles. The number of aliphatic hydroxyl groups excluding tert-OH is 2. The maximum absolute atomic E-state index is 12.5. The lowest BCUT2D eigenvalue weighted by molar-refractivity contribution is -0.143. The van der Waals surface area contributed by atoms with Gasteiger partial charge >= 0.3 is 5.97 Å². The minimum atomic E-state index is -0.662. The van der Waals surface area contributed by atoms with Crippen molar-refractivity contribution in [3.63, 3.8) is 0 Å². The van der Waals surface area contributed by atoms with Crippen molar-refractivity contribution in [1.29, 1.82) is 0 Å². The second-order valence-corrected chi connectivity index (χ2v) is 24.9. The molecule has 0 aliphatic carbocycles. The summed E-state index contributed by atoms with van der Waals surface area (Å²) in [7, 11) is 0. The first-order valence-electron chi connectivity index (χ1n) is 35.8. The maximum atomic E-state index is 12.5. The Labute approximate surface area is 483 Å². The van der Waals surface area contributed by atoms with Gasteiger partial charge in [0.1, 0.15) is 0 Å². The highest BCUT2D eigenvalue weighted by Gasteiger charge is 2.20. The van der Waals surface area contributed by atoms with Crippen LogP contribution < -0.4 is 5.32 Å². The van der Waals surface area contributed by atoms with E-state index in [-0.39, 0.29) is 18.5 Å². The van der Waals surface area contributed by atoms with Crippen molar-refractivity contribution < 1.29 is 24.5 Å². The minimum absolute atomic E-state index is 0.0198. The highest BCUT2D eigenvalue weighted by Crippen LogP contribution is 2.20. The quantitative estimate of drug-likeness (QED) is 0.0417. The van der Waals surface area contributed by atoms with Crippen LogP contribution in [0.5, 0.6) is 0 Å². The number of amides is 1. The summed E-state index contributed by atoms with van der Waals surface area (Å²) >= 11 is 0. The van der Waals surface area contributed by atoms with Gasteiger partial charge in [0, 0.05) is 12.8 Å². The first kappa shape index (κ1) is 75.9. The van der Waals surface area contributed by atoms with Crippen molar-refractivity contribution in [2.45, 2.75) is 431 Å². The van der Waals surface area contributed by atoms with Crippen LogP contribution in [-0.4, -0.2) is 47.4 Å². The van der Waals surface area contributed by atoms with Crippen molar-refractivity contribution in [1.82, 2.24) is 5.32 Å². The van der Waals surface area contributed by atoms with Gasteiger partial charge in [0.25, 0.3) is 0 Å². The highest BCUT2D eigenvalue weighted by atomic mass is 16.5. The van der Waals surface area contributed by atoms with E-state index in [4.69, 9.17) is 4.74 Å². The Morgan fingerprint density at radius 3 is 0.792 bits per heavy atom. The summed E-state index contributed by atoms with van der Waals surface area (Å²) in [6.07, 6.45) is 81.6. The van der Waals surface area contributed by atoms with E-state index in [9.17, 15) is 19.8 Å². The van der Waals surface area contributed by atoms with E-state index in [1.807, 2.05) is 0 Å². The van der Waals surface area contributed by atoms with Crippen molar-refractivity contribution in [2.24, 2.45) is 0 Å². The molecule has 77 heavy (non-hydrogen) atoms. The van der Waals surface area contributed by atoms with E-state index in [1.165, 1.54) is 347 Å². The van der Waals surface area contributed by atoms with Gasteiger partial charge in [0.05, 0.1) is 25.4 Å². The summed E-state index contributed by atoms with van der Waals surface area (Å²) in [6, 6.07) is -0.539. The molecule has 0 radical (unpaired) electrons. The zero-order chi connectivity index (χ0) is 55.7. The molecule has 6 heteroatoms. The molecule has 460 valence electrons. The lowest BCUT2D eigenvalue weighted by atomic mass is 10.0. The average molecular weight is 1090 g/mol. The molecular weight excluding hydrogens is 947 g/mol. The van der Waals surface area contributed by atoms with Gasteiger partial charge in [0.15, 0.2) is 0 Å². The number of carbonyl (C=O) groups excluding carboxylic acids is 2. The monoisotopic (exact) mass is 1090 g/mol. The molecule has 0 bridgehead atoms. The molecule has 0 aliphatic heterocycles. The van der Waals surface area contributed by atoms with E-state index < -0.39 is 12.1 Å². The fourth-order valence-corrected chi connectivity index (χ4v) is 11.7. The lowest BCUT2D eigenvalue weighted by Crippen LogP contribution is -2.45. The average Bonchev–Trinajstić information content (AvgIpc) is 3.43. The maximum Gasteiger partial charge on any atom is 0.305 e. The van der Waals surface area contributed by atoms with Crippen molar-refractivity contribution >= 4 is 11.9 Å². The SMILES string of the molecule is CCCCCCCCCCCCCCCCCCCCCCCC(O)C(CO)NC(=O)CCCCCCCCCCCCCCCCCCCCCCCCCCCCCCOC(=O)CCCCCCCCCCCCC. The van der Waals surface area contributed by atoms with E-state index in [2.05, 4.69) is 19.2 Å². The van der Waals surface area contributed by atoms with Crippen LogP contribution in [0.4, 0.5) is 0 Å². The zero-order valence-electron chi connectivity index (χ0n) is 52.7. The number of aliphatic hydroxyl groups is 2. The van der Waals surface area contributed by atoms with Crippen molar-refractivity contribution in [3.8, 4) is 0 Å². The topological polar surface area (TPSA) is 95.9 Å². The number of ether oxygens (including phenoxy) is 1. The van der Waals surface area contributed by atoms with E-state index in [1.54, 1.807) is 0 Å². The molecular formula is C71H141NO5. The van der Waals surface area contributed by atoms with Gasteiger partial charge in [-0.15, -0.1) is 0 Å². The first-order chi connectivity index (χ1) is 38.0. The van der Waals surface area contributed by atoms with Gasteiger partial charge in [-0.05, 0) is 25.7 Å². The van der Waals surface area contributed by atoms with Gasteiger partial charge in [-0.3, -0.25) is 9.59 Å². The molecule has 0 rings (SSSR count). The van der Waals surface area contributed by atoms with Crippen molar-refractivity contribution in [3.05, 3.63) is 0 Å². The summed E-state index contributed by atoms with van der Waals surface area (Å²) in [5.41, 5.74) is 0. The van der Waals surface area contributed by atoms with E-state index >= 15 is 0 Å². The number of hydrogen-bond acceptors (Lipinski definition) is 5. The third-order valence-electron chi connectivity index (χ3n) is 17.2. The molecule has 0 fully saturated rings. The van der Waals surface area contributed by atoms with Crippen LogP contribution in [0.1, 0.15) is 418 Å². The summed E-state index contributed by atoms with van der Waals surface area (Å²) in [5, 5.41) is 23.4. The first-order valence-corrected chi connectivity index (χ1v) is 35.8. The lowest BCUT2D eigenvalue weighted by Gasteiger charge is -2.22. The standard InChI is InChI=1S/C71H141NO5/c1-3-5-7-9-11-13-15-16-17-18-19-28-31-34-37-40-44-47-51-55-59-63-69(74)68(67-73)72-70(75)64-60-56-52-48-45-41-38-35-32-29-26-24-22-20-21-23-25-27-30-33-36-39-42-46-50-54-58-62-66-77-71(76)65-61-57-53-49-43-14-12-10-8-6-4-2/h68-69,73-74H,3-67H2,1-2H3,(H,72,75). The Morgan fingerprint density at radius 2 is 0.532 bits per heavy atom. The molecule has 6 nitrogen and oxygen atoms in total. The van der Waals surface area contributed by atoms with Gasteiger partial charge < -0.3 is 20.3 Å². The summed E-state index contributed by atoms with van der Waals surface area (Å²) < 4.78 is 5.48. The molecule has 0 aromatic rings. The van der Waals surface area contributed by atoms with Crippen LogP contribution in [0.2, 0.25) is 0 Å². The third kappa shape index (κ3) is 63.9.